The first-order valence-corrected chi connectivity index (χ1v) is 6.93. The largest absolute Gasteiger partial charge is 0.393 e. The summed E-state index contributed by atoms with van der Waals surface area (Å²) in [5, 5.41) is 12.3. The van der Waals surface area contributed by atoms with Crippen molar-refractivity contribution in [3.63, 3.8) is 0 Å². The summed E-state index contributed by atoms with van der Waals surface area (Å²) in [6.07, 6.45) is 1.06. The SMILES string of the molecule is CNC(CCN(C)CCC(C)O)c1cccc(F)c1F. The molecule has 114 valence electrons. The van der Waals surface area contributed by atoms with Gasteiger partial charge in [-0.2, -0.15) is 0 Å². The smallest absolute Gasteiger partial charge is 0.163 e. The summed E-state index contributed by atoms with van der Waals surface area (Å²) in [5.74, 6) is -1.59. The number of aliphatic hydroxyl groups is 1. The predicted octanol–water partition coefficient (Wildman–Crippen LogP) is 2.32. The third-order valence-corrected chi connectivity index (χ3v) is 3.43. The number of halogens is 2. The van der Waals surface area contributed by atoms with Crippen LogP contribution in [0.25, 0.3) is 0 Å². The summed E-state index contributed by atoms with van der Waals surface area (Å²) < 4.78 is 27.0. The molecule has 0 aliphatic rings. The van der Waals surface area contributed by atoms with Gasteiger partial charge in [0, 0.05) is 18.2 Å². The Kier molecular flexibility index (Phi) is 7.05. The fourth-order valence-electron chi connectivity index (χ4n) is 2.11. The maximum atomic E-state index is 13.8. The molecular formula is C15H24F2N2O. The summed E-state index contributed by atoms with van der Waals surface area (Å²) in [6, 6.07) is 4.03. The number of nitrogens with one attached hydrogen (secondary N) is 1. The third-order valence-electron chi connectivity index (χ3n) is 3.43. The molecule has 0 saturated heterocycles. The lowest BCUT2D eigenvalue weighted by atomic mass is 10.0. The minimum atomic E-state index is -0.815. The fourth-order valence-corrected chi connectivity index (χ4v) is 2.11. The Labute approximate surface area is 119 Å². The van der Waals surface area contributed by atoms with Crippen LogP contribution in [0.3, 0.4) is 0 Å². The second-order valence-corrected chi connectivity index (χ2v) is 5.21. The molecule has 0 fully saturated rings. The normalized spacial score (nSPS) is 14.6. The maximum absolute atomic E-state index is 13.8. The number of nitrogens with zero attached hydrogens (tertiary/aromatic N) is 1. The Morgan fingerprint density at radius 1 is 1.25 bits per heavy atom. The lowest BCUT2D eigenvalue weighted by molar-refractivity contribution is 0.163. The van der Waals surface area contributed by atoms with Crippen LogP contribution in [0.4, 0.5) is 8.78 Å². The van der Waals surface area contributed by atoms with Crippen LogP contribution < -0.4 is 5.32 Å². The van der Waals surface area contributed by atoms with Crippen LogP contribution in [0.2, 0.25) is 0 Å². The van der Waals surface area contributed by atoms with E-state index in [2.05, 4.69) is 10.2 Å². The van der Waals surface area contributed by atoms with Gasteiger partial charge in [0.05, 0.1) is 6.10 Å². The highest BCUT2D eigenvalue weighted by Crippen LogP contribution is 2.21. The van der Waals surface area contributed by atoms with Crippen molar-refractivity contribution in [1.29, 1.82) is 0 Å². The van der Waals surface area contributed by atoms with E-state index in [9.17, 15) is 13.9 Å². The summed E-state index contributed by atoms with van der Waals surface area (Å²) in [4.78, 5) is 2.08. The highest BCUT2D eigenvalue weighted by Gasteiger charge is 2.17. The fraction of sp³-hybridized carbons (Fsp3) is 0.600. The van der Waals surface area contributed by atoms with Crippen molar-refractivity contribution >= 4 is 0 Å². The van der Waals surface area contributed by atoms with E-state index < -0.39 is 11.6 Å². The van der Waals surface area contributed by atoms with Crippen LogP contribution >= 0.6 is 0 Å². The summed E-state index contributed by atoms with van der Waals surface area (Å²) in [5.41, 5.74) is 0.358. The first kappa shape index (κ1) is 17.0. The zero-order chi connectivity index (χ0) is 15.1. The van der Waals surface area contributed by atoms with E-state index in [0.717, 1.165) is 19.2 Å². The molecule has 0 bridgehead atoms. The number of hydrogen-bond acceptors (Lipinski definition) is 3. The molecule has 20 heavy (non-hydrogen) atoms. The minimum Gasteiger partial charge on any atom is -0.393 e. The molecule has 1 rings (SSSR count). The van der Waals surface area contributed by atoms with Crippen LogP contribution in [0.1, 0.15) is 31.4 Å². The van der Waals surface area contributed by atoms with Crippen LogP contribution in [0.5, 0.6) is 0 Å². The zero-order valence-electron chi connectivity index (χ0n) is 12.4. The molecule has 0 heterocycles. The van der Waals surface area contributed by atoms with E-state index in [4.69, 9.17) is 0 Å². The second-order valence-electron chi connectivity index (χ2n) is 5.21. The Morgan fingerprint density at radius 3 is 2.50 bits per heavy atom. The molecule has 2 unspecified atom stereocenters. The minimum absolute atomic E-state index is 0.223. The molecule has 3 nitrogen and oxygen atoms in total. The number of aliphatic hydroxyl groups excluding tert-OH is 1. The summed E-state index contributed by atoms with van der Waals surface area (Å²) in [6.45, 7) is 3.28. The van der Waals surface area contributed by atoms with Crippen LogP contribution in [0, 0.1) is 11.6 Å². The summed E-state index contributed by atoms with van der Waals surface area (Å²) >= 11 is 0. The van der Waals surface area contributed by atoms with Gasteiger partial charge in [-0.05, 0) is 46.5 Å². The lowest BCUT2D eigenvalue weighted by Gasteiger charge is -2.22. The molecule has 1 aromatic rings. The molecule has 0 amide bonds. The van der Waals surface area contributed by atoms with Gasteiger partial charge in [0.15, 0.2) is 11.6 Å². The number of hydrogen-bond donors (Lipinski definition) is 2. The molecule has 1 aromatic carbocycles. The molecule has 0 aliphatic heterocycles. The van der Waals surface area contributed by atoms with Gasteiger partial charge < -0.3 is 15.3 Å². The monoisotopic (exact) mass is 286 g/mol. The molecule has 2 atom stereocenters. The van der Waals surface area contributed by atoms with Gasteiger partial charge in [0.25, 0.3) is 0 Å². The van der Waals surface area contributed by atoms with Crippen molar-refractivity contribution in [3.05, 3.63) is 35.4 Å². The molecule has 5 heteroatoms. The van der Waals surface area contributed by atoms with Crippen molar-refractivity contribution in [2.45, 2.75) is 31.9 Å². The molecule has 0 spiro atoms. The van der Waals surface area contributed by atoms with Crippen molar-refractivity contribution in [2.24, 2.45) is 0 Å². The first-order chi connectivity index (χ1) is 9.45. The van der Waals surface area contributed by atoms with E-state index >= 15 is 0 Å². The molecule has 0 saturated carbocycles. The first-order valence-electron chi connectivity index (χ1n) is 6.93. The highest BCUT2D eigenvalue weighted by molar-refractivity contribution is 5.22. The van der Waals surface area contributed by atoms with Crippen molar-refractivity contribution in [2.75, 3.05) is 27.2 Å². The van der Waals surface area contributed by atoms with E-state index in [1.54, 1.807) is 20.0 Å². The number of rotatable bonds is 8. The van der Waals surface area contributed by atoms with Gasteiger partial charge in [-0.3, -0.25) is 0 Å². The standard InChI is InChI=1S/C15H24F2N2O/c1-11(20)7-9-19(3)10-8-14(18-2)12-5-4-6-13(16)15(12)17/h4-6,11,14,18,20H,7-10H2,1-3H3. The van der Waals surface area contributed by atoms with Crippen molar-refractivity contribution in [1.82, 2.24) is 10.2 Å². The van der Waals surface area contributed by atoms with E-state index in [1.807, 2.05) is 7.05 Å². The Balaban J connectivity index is 2.57. The Bertz CT molecular complexity index is 413. The van der Waals surface area contributed by atoms with Gasteiger partial charge in [0.2, 0.25) is 0 Å². The van der Waals surface area contributed by atoms with E-state index in [-0.39, 0.29) is 12.1 Å². The van der Waals surface area contributed by atoms with Crippen LogP contribution in [-0.2, 0) is 0 Å². The maximum Gasteiger partial charge on any atom is 0.163 e. The van der Waals surface area contributed by atoms with Gasteiger partial charge in [-0.15, -0.1) is 0 Å². The van der Waals surface area contributed by atoms with Gasteiger partial charge >= 0.3 is 0 Å². The lowest BCUT2D eigenvalue weighted by Crippen LogP contribution is -2.28. The predicted molar refractivity (Wildman–Crippen MR) is 76.6 cm³/mol. The van der Waals surface area contributed by atoms with Gasteiger partial charge in [-0.1, -0.05) is 12.1 Å². The average molecular weight is 286 g/mol. The molecule has 2 N–H and O–H groups in total. The molecular weight excluding hydrogens is 262 g/mol. The van der Waals surface area contributed by atoms with E-state index in [0.29, 0.717) is 18.4 Å². The van der Waals surface area contributed by atoms with Crippen LogP contribution in [0.15, 0.2) is 18.2 Å². The summed E-state index contributed by atoms with van der Waals surface area (Å²) in [7, 11) is 3.70. The van der Waals surface area contributed by atoms with Crippen LogP contribution in [-0.4, -0.2) is 43.3 Å². The second kappa shape index (κ2) is 8.29. The molecule has 0 aliphatic carbocycles. The van der Waals surface area contributed by atoms with Gasteiger partial charge in [-0.25, -0.2) is 8.78 Å². The Morgan fingerprint density at radius 2 is 1.90 bits per heavy atom. The average Bonchev–Trinajstić information content (AvgIpc) is 2.41. The zero-order valence-corrected chi connectivity index (χ0v) is 12.4. The molecule has 0 aromatic heterocycles. The quantitative estimate of drug-likeness (QED) is 0.770. The van der Waals surface area contributed by atoms with Crippen molar-refractivity contribution < 1.29 is 13.9 Å². The topological polar surface area (TPSA) is 35.5 Å². The van der Waals surface area contributed by atoms with Gasteiger partial charge in [0.1, 0.15) is 0 Å². The number of benzene rings is 1. The highest BCUT2D eigenvalue weighted by atomic mass is 19.2. The van der Waals surface area contributed by atoms with E-state index in [1.165, 1.54) is 6.07 Å². The Hall–Kier alpha value is -1.04. The van der Waals surface area contributed by atoms with Crippen molar-refractivity contribution in [3.8, 4) is 0 Å². The third kappa shape index (κ3) is 5.15. The molecule has 0 radical (unpaired) electrons.